The number of nitrogens with zero attached hydrogens (tertiary/aromatic N) is 1. The molecule has 6 nitrogen and oxygen atoms in total. The number of carbonyl (C=O) groups is 3. The first kappa shape index (κ1) is 21.6. The van der Waals surface area contributed by atoms with Gasteiger partial charge in [0.1, 0.15) is 0 Å². The number of hydrogen-bond acceptors (Lipinski definition) is 3. The molecule has 0 aliphatic heterocycles. The number of rotatable bonds is 7. The van der Waals surface area contributed by atoms with Crippen LogP contribution in [0.3, 0.4) is 0 Å². The van der Waals surface area contributed by atoms with E-state index in [1.807, 2.05) is 43.3 Å². The van der Waals surface area contributed by atoms with Gasteiger partial charge in [-0.3, -0.25) is 14.4 Å². The molecule has 1 aliphatic rings. The Balaban J connectivity index is 1.64. The third-order valence-corrected chi connectivity index (χ3v) is 5.64. The highest BCUT2D eigenvalue weighted by atomic mass is 16.2. The predicted octanol–water partition coefficient (Wildman–Crippen LogP) is 3.51. The molecule has 3 unspecified atom stereocenters. The largest absolute Gasteiger partial charge is 0.341 e. The van der Waals surface area contributed by atoms with E-state index in [0.717, 1.165) is 17.5 Å². The second-order valence-electron chi connectivity index (χ2n) is 7.93. The maximum Gasteiger partial charge on any atom is 0.313 e. The van der Waals surface area contributed by atoms with Gasteiger partial charge in [0, 0.05) is 25.7 Å². The van der Waals surface area contributed by atoms with Crippen LogP contribution in [0.4, 0.5) is 5.69 Å². The zero-order chi connectivity index (χ0) is 21.7. The third kappa shape index (κ3) is 5.47. The average Bonchev–Trinajstić information content (AvgIpc) is 3.46. The van der Waals surface area contributed by atoms with Crippen molar-refractivity contribution in [2.45, 2.75) is 39.8 Å². The first-order valence-corrected chi connectivity index (χ1v) is 10.4. The molecule has 1 saturated carbocycles. The van der Waals surface area contributed by atoms with E-state index in [-0.39, 0.29) is 11.9 Å². The molecular weight excluding hydrogens is 378 g/mol. The highest BCUT2D eigenvalue weighted by molar-refractivity contribution is 6.39. The smallest absolute Gasteiger partial charge is 0.313 e. The van der Waals surface area contributed by atoms with Gasteiger partial charge in [-0.15, -0.1) is 0 Å². The summed E-state index contributed by atoms with van der Waals surface area (Å²) >= 11 is 0. The zero-order valence-corrected chi connectivity index (χ0v) is 17.7. The minimum atomic E-state index is -0.694. The number of nitrogens with one attached hydrogen (secondary N) is 2. The first-order chi connectivity index (χ1) is 14.4. The minimum absolute atomic E-state index is 0.00688. The maximum atomic E-state index is 12.6. The number of amides is 3. The molecule has 3 amide bonds. The second kappa shape index (κ2) is 9.57. The van der Waals surface area contributed by atoms with Gasteiger partial charge in [0.05, 0.1) is 6.04 Å². The molecule has 0 saturated heterocycles. The molecule has 158 valence electrons. The van der Waals surface area contributed by atoms with Crippen LogP contribution in [0.5, 0.6) is 0 Å². The molecule has 0 aromatic heterocycles. The predicted molar refractivity (Wildman–Crippen MR) is 116 cm³/mol. The van der Waals surface area contributed by atoms with E-state index < -0.39 is 11.8 Å². The van der Waals surface area contributed by atoms with Crippen LogP contribution < -0.4 is 10.6 Å². The molecule has 2 aromatic rings. The molecule has 1 fully saturated rings. The number of hydrogen-bond donors (Lipinski definition) is 2. The lowest BCUT2D eigenvalue weighted by molar-refractivity contribution is -0.136. The Bertz CT molecular complexity index is 913. The fraction of sp³-hybridized carbons (Fsp3) is 0.375. The van der Waals surface area contributed by atoms with Crippen LogP contribution >= 0.6 is 0 Å². The zero-order valence-electron chi connectivity index (χ0n) is 17.7. The van der Waals surface area contributed by atoms with Crippen molar-refractivity contribution in [2.75, 3.05) is 11.9 Å². The van der Waals surface area contributed by atoms with Gasteiger partial charge in [-0.1, -0.05) is 49.4 Å². The molecule has 2 aromatic carbocycles. The van der Waals surface area contributed by atoms with Crippen molar-refractivity contribution in [3.63, 3.8) is 0 Å². The molecule has 1 aliphatic carbocycles. The van der Waals surface area contributed by atoms with E-state index in [0.29, 0.717) is 30.6 Å². The SMILES string of the molecule is CCN(Cc1cccc(NC(=O)C(=O)NC(c2ccccc2)C2CC2C)c1)C(C)=O. The molecule has 6 heteroatoms. The van der Waals surface area contributed by atoms with Gasteiger partial charge in [-0.05, 0) is 48.4 Å². The Morgan fingerprint density at radius 1 is 1.07 bits per heavy atom. The van der Waals surface area contributed by atoms with E-state index in [1.54, 1.807) is 23.1 Å². The van der Waals surface area contributed by atoms with Crippen molar-refractivity contribution in [1.82, 2.24) is 10.2 Å². The van der Waals surface area contributed by atoms with Crippen molar-refractivity contribution in [3.05, 3.63) is 65.7 Å². The second-order valence-corrected chi connectivity index (χ2v) is 7.93. The van der Waals surface area contributed by atoms with Crippen LogP contribution in [-0.2, 0) is 20.9 Å². The van der Waals surface area contributed by atoms with Crippen LogP contribution in [-0.4, -0.2) is 29.2 Å². The summed E-state index contributed by atoms with van der Waals surface area (Å²) < 4.78 is 0. The van der Waals surface area contributed by atoms with Gasteiger partial charge >= 0.3 is 11.8 Å². The number of carbonyl (C=O) groups excluding carboxylic acids is 3. The van der Waals surface area contributed by atoms with Crippen LogP contribution in [0, 0.1) is 11.8 Å². The fourth-order valence-corrected chi connectivity index (χ4v) is 3.72. The Labute approximate surface area is 177 Å². The van der Waals surface area contributed by atoms with Crippen molar-refractivity contribution in [1.29, 1.82) is 0 Å². The molecule has 0 heterocycles. The topological polar surface area (TPSA) is 78.5 Å². The van der Waals surface area contributed by atoms with Gasteiger partial charge in [-0.25, -0.2) is 0 Å². The summed E-state index contributed by atoms with van der Waals surface area (Å²) in [6.07, 6.45) is 1.04. The Morgan fingerprint density at radius 3 is 2.37 bits per heavy atom. The van der Waals surface area contributed by atoms with E-state index >= 15 is 0 Å². The van der Waals surface area contributed by atoms with Crippen molar-refractivity contribution < 1.29 is 14.4 Å². The molecule has 0 bridgehead atoms. The molecule has 0 spiro atoms. The molecule has 0 radical (unpaired) electrons. The van der Waals surface area contributed by atoms with E-state index in [4.69, 9.17) is 0 Å². The number of benzene rings is 2. The molecular formula is C24H29N3O3. The summed E-state index contributed by atoms with van der Waals surface area (Å²) in [6.45, 7) is 6.66. The lowest BCUT2D eigenvalue weighted by Crippen LogP contribution is -2.38. The van der Waals surface area contributed by atoms with Gasteiger partial charge in [0.25, 0.3) is 0 Å². The number of anilines is 1. The molecule has 2 N–H and O–H groups in total. The average molecular weight is 408 g/mol. The van der Waals surface area contributed by atoms with Crippen LogP contribution in [0.2, 0.25) is 0 Å². The quantitative estimate of drug-likeness (QED) is 0.690. The Morgan fingerprint density at radius 2 is 1.77 bits per heavy atom. The van der Waals surface area contributed by atoms with E-state index in [2.05, 4.69) is 17.6 Å². The summed E-state index contributed by atoms with van der Waals surface area (Å²) in [5.74, 6) is -0.475. The molecule has 3 atom stereocenters. The standard InChI is InChI=1S/C24H29N3O3/c1-4-27(17(3)28)15-18-9-8-12-20(14-18)25-23(29)24(30)26-22(21-13-16(21)2)19-10-6-5-7-11-19/h5-12,14,16,21-22H,4,13,15H2,1-3H3,(H,25,29)(H,26,30). The highest BCUT2D eigenvalue weighted by Crippen LogP contribution is 2.46. The molecule has 3 rings (SSSR count). The lowest BCUT2D eigenvalue weighted by Gasteiger charge is -2.20. The Kier molecular flexibility index (Phi) is 6.87. The third-order valence-electron chi connectivity index (χ3n) is 5.64. The van der Waals surface area contributed by atoms with Crippen LogP contribution in [0.1, 0.15) is 44.4 Å². The lowest BCUT2D eigenvalue weighted by atomic mass is 10.0. The molecule has 30 heavy (non-hydrogen) atoms. The van der Waals surface area contributed by atoms with Gasteiger partial charge in [0.15, 0.2) is 0 Å². The normalized spacial score (nSPS) is 18.2. The first-order valence-electron chi connectivity index (χ1n) is 10.4. The fourth-order valence-electron chi connectivity index (χ4n) is 3.72. The van der Waals surface area contributed by atoms with Crippen LogP contribution in [0.15, 0.2) is 54.6 Å². The summed E-state index contributed by atoms with van der Waals surface area (Å²) in [5, 5.41) is 5.59. The summed E-state index contributed by atoms with van der Waals surface area (Å²) in [6, 6.07) is 16.8. The van der Waals surface area contributed by atoms with E-state index in [9.17, 15) is 14.4 Å². The monoisotopic (exact) mass is 407 g/mol. The van der Waals surface area contributed by atoms with Crippen molar-refractivity contribution in [2.24, 2.45) is 11.8 Å². The van der Waals surface area contributed by atoms with Crippen LogP contribution in [0.25, 0.3) is 0 Å². The van der Waals surface area contributed by atoms with Gasteiger partial charge in [-0.2, -0.15) is 0 Å². The Hall–Kier alpha value is -3.15. The van der Waals surface area contributed by atoms with Gasteiger partial charge < -0.3 is 15.5 Å². The maximum absolute atomic E-state index is 12.6. The summed E-state index contributed by atoms with van der Waals surface area (Å²) in [7, 11) is 0. The van der Waals surface area contributed by atoms with Crippen molar-refractivity contribution in [3.8, 4) is 0 Å². The summed E-state index contributed by atoms with van der Waals surface area (Å²) in [5.41, 5.74) is 2.43. The summed E-state index contributed by atoms with van der Waals surface area (Å²) in [4.78, 5) is 38.4. The van der Waals surface area contributed by atoms with Gasteiger partial charge in [0.2, 0.25) is 5.91 Å². The highest BCUT2D eigenvalue weighted by Gasteiger charge is 2.41. The van der Waals surface area contributed by atoms with Crippen molar-refractivity contribution >= 4 is 23.4 Å². The minimum Gasteiger partial charge on any atom is -0.341 e. The van der Waals surface area contributed by atoms with E-state index in [1.165, 1.54) is 6.92 Å².